The summed E-state index contributed by atoms with van der Waals surface area (Å²) >= 11 is 0. The Labute approximate surface area is 111 Å². The number of carbonyl (C=O) groups is 2. The molecule has 3 aliphatic rings. The van der Waals surface area contributed by atoms with Crippen LogP contribution in [0, 0.1) is 11.8 Å². The van der Waals surface area contributed by atoms with E-state index in [9.17, 15) is 14.7 Å². The Hall–Kier alpha value is -2.10. The fraction of sp³-hybridized carbons (Fsp3) is 0.333. The SMILES string of the molecule is C=CCOC(=O)C1=C(C(=O)O)C2C=CC1C/C=C\C2. The van der Waals surface area contributed by atoms with Gasteiger partial charge in [0, 0.05) is 11.8 Å². The second-order valence-electron chi connectivity index (χ2n) is 4.56. The monoisotopic (exact) mass is 260 g/mol. The van der Waals surface area contributed by atoms with E-state index in [1.54, 1.807) is 0 Å². The number of allylic oxidation sites excluding steroid dienone is 4. The molecule has 1 N–H and O–H groups in total. The average molecular weight is 260 g/mol. The van der Waals surface area contributed by atoms with Gasteiger partial charge in [-0.1, -0.05) is 37.0 Å². The predicted octanol–water partition coefficient (Wildman–Crippen LogP) is 2.25. The Morgan fingerprint density at radius 2 is 1.84 bits per heavy atom. The molecular weight excluding hydrogens is 244 g/mol. The van der Waals surface area contributed by atoms with Gasteiger partial charge in [-0.15, -0.1) is 0 Å². The van der Waals surface area contributed by atoms with Crippen LogP contribution >= 0.6 is 0 Å². The molecule has 4 heteroatoms. The fourth-order valence-electron chi connectivity index (χ4n) is 2.49. The molecule has 0 heterocycles. The summed E-state index contributed by atoms with van der Waals surface area (Å²) in [5.41, 5.74) is 0.456. The molecule has 2 bridgehead atoms. The van der Waals surface area contributed by atoms with Crippen LogP contribution in [0.15, 0.2) is 48.1 Å². The zero-order valence-corrected chi connectivity index (χ0v) is 10.5. The number of fused-ring (bicyclic) bond motifs is 2. The number of rotatable bonds is 4. The van der Waals surface area contributed by atoms with E-state index >= 15 is 0 Å². The van der Waals surface area contributed by atoms with Gasteiger partial charge in [-0.05, 0) is 12.8 Å². The van der Waals surface area contributed by atoms with Crippen LogP contribution in [0.4, 0.5) is 0 Å². The quantitative estimate of drug-likeness (QED) is 0.622. The molecule has 0 aromatic heterocycles. The van der Waals surface area contributed by atoms with Crippen molar-refractivity contribution in [1.82, 2.24) is 0 Å². The van der Waals surface area contributed by atoms with Crippen LogP contribution in [0.3, 0.4) is 0 Å². The van der Waals surface area contributed by atoms with Crippen LogP contribution in [0.2, 0.25) is 0 Å². The van der Waals surface area contributed by atoms with Crippen molar-refractivity contribution in [2.75, 3.05) is 6.61 Å². The van der Waals surface area contributed by atoms with Gasteiger partial charge in [-0.3, -0.25) is 0 Å². The standard InChI is InChI=1S/C15H16O4/c1-2-9-19-15(18)13-11-6-4-3-5-10(7-8-11)12(13)14(16)17/h2-4,7-8,10-11H,1,5-6,9H2,(H,16,17)/b4-3-. The van der Waals surface area contributed by atoms with Gasteiger partial charge in [0.15, 0.2) is 0 Å². The second-order valence-corrected chi connectivity index (χ2v) is 4.56. The highest BCUT2D eigenvalue weighted by molar-refractivity contribution is 6.01. The lowest BCUT2D eigenvalue weighted by Crippen LogP contribution is -2.27. The highest BCUT2D eigenvalue weighted by atomic mass is 16.5. The molecule has 2 unspecified atom stereocenters. The van der Waals surface area contributed by atoms with E-state index in [-0.39, 0.29) is 29.6 Å². The van der Waals surface area contributed by atoms with Crippen molar-refractivity contribution < 1.29 is 19.4 Å². The summed E-state index contributed by atoms with van der Waals surface area (Å²) in [4.78, 5) is 23.5. The largest absolute Gasteiger partial charge is 0.478 e. The molecule has 2 atom stereocenters. The lowest BCUT2D eigenvalue weighted by atomic mass is 9.77. The first-order valence-corrected chi connectivity index (χ1v) is 6.23. The normalized spacial score (nSPS) is 26.5. The van der Waals surface area contributed by atoms with E-state index in [1.807, 2.05) is 24.3 Å². The molecule has 0 fully saturated rings. The van der Waals surface area contributed by atoms with Gasteiger partial charge in [-0.25, -0.2) is 9.59 Å². The molecule has 4 nitrogen and oxygen atoms in total. The highest BCUT2D eigenvalue weighted by Gasteiger charge is 2.34. The lowest BCUT2D eigenvalue weighted by Gasteiger charge is -2.27. The molecule has 0 aromatic carbocycles. The minimum atomic E-state index is -1.04. The summed E-state index contributed by atoms with van der Waals surface area (Å²) in [6.45, 7) is 3.57. The van der Waals surface area contributed by atoms with Crippen molar-refractivity contribution in [3.05, 3.63) is 48.1 Å². The number of carboxylic acid groups (broad SMARTS) is 1. The number of hydrogen-bond donors (Lipinski definition) is 1. The summed E-state index contributed by atoms with van der Waals surface area (Å²) in [6.07, 6.45) is 10.4. The molecule has 3 aliphatic carbocycles. The molecule has 19 heavy (non-hydrogen) atoms. The van der Waals surface area contributed by atoms with Gasteiger partial charge in [0.05, 0.1) is 11.1 Å². The van der Waals surface area contributed by atoms with Crippen LogP contribution in [0.5, 0.6) is 0 Å². The third-order valence-corrected chi connectivity index (χ3v) is 3.34. The number of ether oxygens (including phenoxy) is 1. The van der Waals surface area contributed by atoms with Crippen LogP contribution in [-0.2, 0) is 14.3 Å². The number of hydrogen-bond acceptors (Lipinski definition) is 3. The van der Waals surface area contributed by atoms with Gasteiger partial charge in [0.25, 0.3) is 0 Å². The maximum absolute atomic E-state index is 12.1. The molecule has 0 amide bonds. The summed E-state index contributed by atoms with van der Waals surface area (Å²) in [6, 6.07) is 0. The first kappa shape index (κ1) is 13.3. The van der Waals surface area contributed by atoms with E-state index < -0.39 is 11.9 Å². The molecule has 0 aromatic rings. The molecule has 3 rings (SSSR count). The van der Waals surface area contributed by atoms with Crippen LogP contribution in [-0.4, -0.2) is 23.7 Å². The van der Waals surface area contributed by atoms with Crippen molar-refractivity contribution in [3.63, 3.8) is 0 Å². The number of esters is 1. The topological polar surface area (TPSA) is 63.6 Å². The number of carboxylic acids is 1. The third-order valence-electron chi connectivity index (χ3n) is 3.34. The molecule has 100 valence electrons. The van der Waals surface area contributed by atoms with E-state index in [2.05, 4.69) is 6.58 Å². The predicted molar refractivity (Wildman–Crippen MR) is 70.3 cm³/mol. The Kier molecular flexibility index (Phi) is 4.00. The Morgan fingerprint density at radius 3 is 2.37 bits per heavy atom. The van der Waals surface area contributed by atoms with E-state index in [0.717, 1.165) is 0 Å². The highest BCUT2D eigenvalue weighted by Crippen LogP contribution is 2.36. The molecular formula is C15H16O4. The Bertz CT molecular complexity index is 496. The van der Waals surface area contributed by atoms with Gasteiger partial charge in [0.1, 0.15) is 6.61 Å². The smallest absolute Gasteiger partial charge is 0.335 e. The van der Waals surface area contributed by atoms with Crippen LogP contribution in [0.1, 0.15) is 12.8 Å². The first-order chi connectivity index (χ1) is 9.15. The van der Waals surface area contributed by atoms with Gasteiger partial charge in [0.2, 0.25) is 0 Å². The number of carbonyl (C=O) groups excluding carboxylic acids is 1. The lowest BCUT2D eigenvalue weighted by molar-refractivity contribution is -0.140. The van der Waals surface area contributed by atoms with Crippen molar-refractivity contribution in [3.8, 4) is 0 Å². The molecule has 0 radical (unpaired) electrons. The zero-order valence-electron chi connectivity index (χ0n) is 10.5. The van der Waals surface area contributed by atoms with Crippen molar-refractivity contribution in [2.24, 2.45) is 11.8 Å². The van der Waals surface area contributed by atoms with Crippen LogP contribution in [0.25, 0.3) is 0 Å². The van der Waals surface area contributed by atoms with Crippen molar-refractivity contribution in [1.29, 1.82) is 0 Å². The first-order valence-electron chi connectivity index (χ1n) is 6.23. The molecule has 0 aliphatic heterocycles. The maximum atomic E-state index is 12.1. The van der Waals surface area contributed by atoms with Gasteiger partial charge in [-0.2, -0.15) is 0 Å². The average Bonchev–Trinajstić information content (AvgIpc) is 2.35. The molecule has 0 saturated heterocycles. The molecule has 0 spiro atoms. The van der Waals surface area contributed by atoms with Crippen molar-refractivity contribution in [2.45, 2.75) is 12.8 Å². The Morgan fingerprint density at radius 1 is 1.26 bits per heavy atom. The van der Waals surface area contributed by atoms with E-state index in [4.69, 9.17) is 4.74 Å². The molecule has 0 saturated carbocycles. The van der Waals surface area contributed by atoms with Gasteiger partial charge < -0.3 is 9.84 Å². The number of aliphatic carboxylic acids is 1. The third kappa shape index (κ3) is 2.67. The fourth-order valence-corrected chi connectivity index (χ4v) is 2.49. The van der Waals surface area contributed by atoms with Crippen molar-refractivity contribution >= 4 is 11.9 Å². The minimum absolute atomic E-state index is 0.0895. The summed E-state index contributed by atoms with van der Waals surface area (Å²) in [7, 11) is 0. The van der Waals surface area contributed by atoms with E-state index in [0.29, 0.717) is 12.8 Å². The van der Waals surface area contributed by atoms with Gasteiger partial charge >= 0.3 is 11.9 Å². The maximum Gasteiger partial charge on any atom is 0.335 e. The Balaban J connectivity index is 2.40. The van der Waals surface area contributed by atoms with Crippen LogP contribution < -0.4 is 0 Å². The second kappa shape index (κ2) is 5.69. The summed E-state index contributed by atoms with van der Waals surface area (Å²) < 4.78 is 5.02. The van der Waals surface area contributed by atoms with E-state index in [1.165, 1.54) is 6.08 Å². The summed E-state index contributed by atoms with van der Waals surface area (Å²) in [5, 5.41) is 9.38. The minimum Gasteiger partial charge on any atom is -0.478 e. The zero-order chi connectivity index (χ0) is 13.8. The summed E-state index contributed by atoms with van der Waals surface area (Å²) in [5.74, 6) is -2.06.